The Morgan fingerprint density at radius 2 is 1.81 bits per heavy atom. The largest absolute Gasteiger partial charge is 0.496 e. The summed E-state index contributed by atoms with van der Waals surface area (Å²) in [4.78, 5) is 0. The second-order valence-electron chi connectivity index (χ2n) is 4.89. The zero-order valence-corrected chi connectivity index (χ0v) is 13.3. The normalized spacial score (nSPS) is 10.5. The molecule has 2 rings (SSSR count). The molecule has 0 amide bonds. The van der Waals surface area contributed by atoms with Crippen molar-refractivity contribution in [1.82, 2.24) is 5.32 Å². The summed E-state index contributed by atoms with van der Waals surface area (Å²) in [6.07, 6.45) is 0. The Morgan fingerprint density at radius 3 is 2.52 bits per heavy atom. The van der Waals surface area contributed by atoms with Gasteiger partial charge in [0.1, 0.15) is 18.1 Å². The van der Waals surface area contributed by atoms with Crippen molar-refractivity contribution in [3.05, 3.63) is 58.1 Å². The maximum absolute atomic E-state index is 6.03. The molecule has 0 saturated carbocycles. The lowest BCUT2D eigenvalue weighted by Crippen LogP contribution is -2.08. The van der Waals surface area contributed by atoms with Crippen molar-refractivity contribution in [1.29, 1.82) is 0 Å². The fourth-order valence-corrected chi connectivity index (χ4v) is 2.39. The summed E-state index contributed by atoms with van der Waals surface area (Å²) in [5.41, 5.74) is 3.25. The first kappa shape index (κ1) is 15.7. The third kappa shape index (κ3) is 4.13. The highest BCUT2D eigenvalue weighted by atomic mass is 35.5. The third-order valence-corrected chi connectivity index (χ3v) is 3.44. The fraction of sp³-hybridized carbons (Fsp3) is 0.294. The third-order valence-electron chi connectivity index (χ3n) is 3.21. The van der Waals surface area contributed by atoms with Crippen LogP contribution in [0, 0.1) is 6.92 Å². The molecule has 0 radical (unpaired) electrons. The van der Waals surface area contributed by atoms with Crippen LogP contribution in [0.15, 0.2) is 36.4 Å². The average Bonchev–Trinajstić information content (AvgIpc) is 2.47. The molecule has 0 saturated heterocycles. The number of nitrogens with one attached hydrogen (secondary N) is 1. The average molecular weight is 306 g/mol. The molecule has 1 N–H and O–H groups in total. The van der Waals surface area contributed by atoms with Gasteiger partial charge in [-0.25, -0.2) is 0 Å². The number of hydrogen-bond acceptors (Lipinski definition) is 3. The van der Waals surface area contributed by atoms with Crippen molar-refractivity contribution < 1.29 is 9.47 Å². The molecule has 0 bridgehead atoms. The number of benzene rings is 2. The number of rotatable bonds is 6. The van der Waals surface area contributed by atoms with Gasteiger partial charge in [0.15, 0.2) is 0 Å². The second-order valence-corrected chi connectivity index (χ2v) is 5.32. The van der Waals surface area contributed by atoms with E-state index in [-0.39, 0.29) is 0 Å². The van der Waals surface area contributed by atoms with E-state index >= 15 is 0 Å². The topological polar surface area (TPSA) is 30.5 Å². The molecule has 0 aliphatic heterocycles. The molecule has 4 heteroatoms. The molecule has 0 aliphatic rings. The lowest BCUT2D eigenvalue weighted by atomic mass is 10.1. The van der Waals surface area contributed by atoms with Gasteiger partial charge in [-0.05, 0) is 44.3 Å². The first-order valence-corrected chi connectivity index (χ1v) is 7.21. The molecule has 0 heterocycles. The SMILES string of the molecule is CNCc1cc(Cl)ccc1OCc1cc(C)ccc1OC. The van der Waals surface area contributed by atoms with E-state index in [0.29, 0.717) is 18.2 Å². The molecule has 21 heavy (non-hydrogen) atoms. The van der Waals surface area contributed by atoms with E-state index in [1.54, 1.807) is 7.11 Å². The summed E-state index contributed by atoms with van der Waals surface area (Å²) in [6, 6.07) is 11.7. The Bertz CT molecular complexity index is 614. The number of halogens is 1. The van der Waals surface area contributed by atoms with Gasteiger partial charge in [0.2, 0.25) is 0 Å². The molecule has 0 fully saturated rings. The number of methoxy groups -OCH3 is 1. The highest BCUT2D eigenvalue weighted by Crippen LogP contribution is 2.26. The Balaban J connectivity index is 2.18. The summed E-state index contributed by atoms with van der Waals surface area (Å²) >= 11 is 6.03. The second kappa shape index (κ2) is 7.34. The van der Waals surface area contributed by atoms with Crippen LogP contribution in [-0.4, -0.2) is 14.2 Å². The summed E-state index contributed by atoms with van der Waals surface area (Å²) in [7, 11) is 3.57. The van der Waals surface area contributed by atoms with Crippen molar-refractivity contribution in [3.8, 4) is 11.5 Å². The standard InChI is InChI=1S/C17H20ClNO2/c1-12-4-6-16(20-3)14(8-12)11-21-17-7-5-15(18)9-13(17)10-19-2/h4-9,19H,10-11H2,1-3H3. The Labute approximate surface area is 130 Å². The smallest absolute Gasteiger partial charge is 0.125 e. The highest BCUT2D eigenvalue weighted by molar-refractivity contribution is 6.30. The fourth-order valence-electron chi connectivity index (χ4n) is 2.19. The Hall–Kier alpha value is -1.71. The molecular weight excluding hydrogens is 286 g/mol. The molecule has 3 nitrogen and oxygen atoms in total. The van der Waals surface area contributed by atoms with Crippen LogP contribution in [-0.2, 0) is 13.2 Å². The van der Waals surface area contributed by atoms with Gasteiger partial charge in [-0.15, -0.1) is 0 Å². The van der Waals surface area contributed by atoms with Gasteiger partial charge < -0.3 is 14.8 Å². The quantitative estimate of drug-likeness (QED) is 0.876. The van der Waals surface area contributed by atoms with E-state index in [1.807, 2.05) is 37.4 Å². The molecule has 112 valence electrons. The summed E-state index contributed by atoms with van der Waals surface area (Å²) in [5, 5.41) is 3.83. The molecule has 0 atom stereocenters. The minimum absolute atomic E-state index is 0.462. The van der Waals surface area contributed by atoms with Crippen molar-refractivity contribution in [2.24, 2.45) is 0 Å². The van der Waals surface area contributed by atoms with Crippen LogP contribution in [0.4, 0.5) is 0 Å². The first-order chi connectivity index (χ1) is 10.1. The van der Waals surface area contributed by atoms with Crippen LogP contribution in [0.5, 0.6) is 11.5 Å². The minimum Gasteiger partial charge on any atom is -0.496 e. The highest BCUT2D eigenvalue weighted by Gasteiger charge is 2.08. The molecule has 2 aromatic rings. The van der Waals surface area contributed by atoms with Gasteiger partial charge in [0.25, 0.3) is 0 Å². The van der Waals surface area contributed by atoms with Crippen LogP contribution in [0.25, 0.3) is 0 Å². The number of hydrogen-bond donors (Lipinski definition) is 1. The van der Waals surface area contributed by atoms with E-state index in [1.165, 1.54) is 5.56 Å². The Kier molecular flexibility index (Phi) is 5.48. The van der Waals surface area contributed by atoms with Crippen molar-refractivity contribution >= 4 is 11.6 Å². The zero-order chi connectivity index (χ0) is 15.2. The van der Waals surface area contributed by atoms with Gasteiger partial charge >= 0.3 is 0 Å². The van der Waals surface area contributed by atoms with Crippen LogP contribution in [0.1, 0.15) is 16.7 Å². The summed E-state index contributed by atoms with van der Waals surface area (Å²) < 4.78 is 11.3. The van der Waals surface area contributed by atoms with Crippen LogP contribution < -0.4 is 14.8 Å². The predicted molar refractivity (Wildman–Crippen MR) is 86.3 cm³/mol. The van der Waals surface area contributed by atoms with E-state index in [4.69, 9.17) is 21.1 Å². The summed E-state index contributed by atoms with van der Waals surface area (Å²) in [5.74, 6) is 1.67. The van der Waals surface area contributed by atoms with E-state index < -0.39 is 0 Å². The molecule has 0 spiro atoms. The van der Waals surface area contributed by atoms with Gasteiger partial charge in [0.05, 0.1) is 7.11 Å². The lowest BCUT2D eigenvalue weighted by Gasteiger charge is -2.14. The van der Waals surface area contributed by atoms with Crippen LogP contribution in [0.3, 0.4) is 0 Å². The first-order valence-electron chi connectivity index (χ1n) is 6.83. The van der Waals surface area contributed by atoms with Gasteiger partial charge in [-0.1, -0.05) is 23.2 Å². The molecule has 0 aromatic heterocycles. The predicted octanol–water partition coefficient (Wildman–Crippen LogP) is 3.96. The van der Waals surface area contributed by atoms with Gasteiger partial charge in [-0.2, -0.15) is 0 Å². The monoisotopic (exact) mass is 305 g/mol. The summed E-state index contributed by atoms with van der Waals surface area (Å²) in [6.45, 7) is 3.22. The van der Waals surface area contributed by atoms with Crippen LogP contribution >= 0.6 is 11.6 Å². The number of ether oxygens (including phenoxy) is 2. The van der Waals surface area contributed by atoms with Crippen LogP contribution in [0.2, 0.25) is 5.02 Å². The lowest BCUT2D eigenvalue weighted by molar-refractivity contribution is 0.293. The molecular formula is C17H20ClNO2. The molecule has 0 aliphatic carbocycles. The van der Waals surface area contributed by atoms with Crippen molar-refractivity contribution in [2.75, 3.05) is 14.2 Å². The van der Waals surface area contributed by atoms with E-state index in [9.17, 15) is 0 Å². The van der Waals surface area contributed by atoms with E-state index in [2.05, 4.69) is 18.3 Å². The van der Waals surface area contributed by atoms with Crippen molar-refractivity contribution in [2.45, 2.75) is 20.1 Å². The molecule has 0 unspecified atom stereocenters. The van der Waals surface area contributed by atoms with Crippen molar-refractivity contribution in [3.63, 3.8) is 0 Å². The van der Waals surface area contributed by atoms with Gasteiger partial charge in [-0.3, -0.25) is 0 Å². The maximum atomic E-state index is 6.03. The Morgan fingerprint density at radius 1 is 1.05 bits per heavy atom. The van der Waals surface area contributed by atoms with E-state index in [0.717, 1.165) is 22.6 Å². The number of aryl methyl sites for hydroxylation is 1. The van der Waals surface area contributed by atoms with Gasteiger partial charge in [0, 0.05) is 22.7 Å². The maximum Gasteiger partial charge on any atom is 0.125 e. The molecule has 2 aromatic carbocycles. The zero-order valence-electron chi connectivity index (χ0n) is 12.6. The minimum atomic E-state index is 0.462.